The summed E-state index contributed by atoms with van der Waals surface area (Å²) in [6.45, 7) is 5.16. The lowest BCUT2D eigenvalue weighted by Crippen LogP contribution is -2.42. The van der Waals surface area contributed by atoms with Crippen LogP contribution in [0.5, 0.6) is 5.75 Å². The van der Waals surface area contributed by atoms with E-state index >= 15 is 0 Å². The molecule has 0 atom stereocenters. The van der Waals surface area contributed by atoms with Crippen molar-refractivity contribution in [1.29, 1.82) is 0 Å². The number of benzene rings is 1. The van der Waals surface area contributed by atoms with Gasteiger partial charge in [-0.2, -0.15) is 0 Å². The highest BCUT2D eigenvalue weighted by Gasteiger charge is 2.15. The average molecular weight is 251 g/mol. The van der Waals surface area contributed by atoms with Crippen LogP contribution in [0.1, 0.15) is 31.1 Å². The van der Waals surface area contributed by atoms with Gasteiger partial charge in [0, 0.05) is 5.54 Å². The molecular formula is C13H17NO4. The molecule has 0 aliphatic heterocycles. The molecule has 0 spiro atoms. The largest absolute Gasteiger partial charge is 0.508 e. The first kappa shape index (κ1) is 14.0. The molecule has 1 amide bonds. The molecule has 5 nitrogen and oxygen atoms in total. The predicted octanol–water partition coefficient (Wildman–Crippen LogP) is 1.46. The van der Waals surface area contributed by atoms with Gasteiger partial charge in [-0.3, -0.25) is 4.79 Å². The van der Waals surface area contributed by atoms with Crippen molar-refractivity contribution >= 4 is 11.9 Å². The first-order chi connectivity index (χ1) is 8.28. The van der Waals surface area contributed by atoms with Gasteiger partial charge in [0.05, 0.1) is 5.56 Å². The Kier molecular flexibility index (Phi) is 4.31. The molecule has 0 aliphatic carbocycles. The number of phenolic OH excluding ortho intramolecular Hbond substituents is 1. The summed E-state index contributed by atoms with van der Waals surface area (Å²) >= 11 is 0. The topological polar surface area (TPSA) is 75.6 Å². The Hall–Kier alpha value is -2.04. The molecule has 0 radical (unpaired) electrons. The van der Waals surface area contributed by atoms with Gasteiger partial charge < -0.3 is 15.2 Å². The van der Waals surface area contributed by atoms with E-state index in [-0.39, 0.29) is 29.4 Å². The van der Waals surface area contributed by atoms with Crippen LogP contribution < -0.4 is 5.32 Å². The normalized spacial score (nSPS) is 10.8. The first-order valence-electron chi connectivity index (χ1n) is 5.55. The number of amides is 1. The number of phenols is 1. The SMILES string of the molecule is CC(C)(C)NC(=O)COC(=O)c1cccc(O)c1. The van der Waals surface area contributed by atoms with E-state index in [0.717, 1.165) is 0 Å². The highest BCUT2D eigenvalue weighted by molar-refractivity contribution is 5.91. The lowest BCUT2D eigenvalue weighted by Gasteiger charge is -2.20. The quantitative estimate of drug-likeness (QED) is 0.797. The van der Waals surface area contributed by atoms with Crippen LogP contribution in [0, 0.1) is 0 Å². The van der Waals surface area contributed by atoms with Crippen molar-refractivity contribution in [2.45, 2.75) is 26.3 Å². The van der Waals surface area contributed by atoms with Crippen molar-refractivity contribution in [3.05, 3.63) is 29.8 Å². The number of esters is 1. The van der Waals surface area contributed by atoms with E-state index in [1.54, 1.807) is 0 Å². The zero-order valence-electron chi connectivity index (χ0n) is 10.7. The van der Waals surface area contributed by atoms with Gasteiger partial charge in [-0.1, -0.05) is 6.07 Å². The lowest BCUT2D eigenvalue weighted by atomic mass is 10.1. The summed E-state index contributed by atoms with van der Waals surface area (Å²) < 4.78 is 4.83. The minimum atomic E-state index is -0.644. The molecule has 18 heavy (non-hydrogen) atoms. The molecule has 0 saturated heterocycles. The molecule has 0 bridgehead atoms. The maximum absolute atomic E-state index is 11.6. The standard InChI is InChI=1S/C13H17NO4/c1-13(2,3)14-11(16)8-18-12(17)9-5-4-6-10(15)7-9/h4-7,15H,8H2,1-3H3,(H,14,16). The second-order valence-corrected chi connectivity index (χ2v) is 4.92. The van der Waals surface area contributed by atoms with E-state index in [1.165, 1.54) is 24.3 Å². The third-order valence-electron chi connectivity index (χ3n) is 1.93. The molecule has 1 aromatic carbocycles. The molecule has 1 aromatic rings. The number of nitrogens with one attached hydrogen (secondary N) is 1. The molecule has 5 heteroatoms. The molecule has 0 unspecified atom stereocenters. The van der Waals surface area contributed by atoms with Crippen LogP contribution in [0.25, 0.3) is 0 Å². The summed E-state index contributed by atoms with van der Waals surface area (Å²) in [7, 11) is 0. The zero-order chi connectivity index (χ0) is 13.8. The first-order valence-corrected chi connectivity index (χ1v) is 5.55. The molecule has 0 aromatic heterocycles. The Morgan fingerprint density at radius 1 is 1.33 bits per heavy atom. The van der Waals surface area contributed by atoms with Gasteiger partial charge in [-0.25, -0.2) is 4.79 Å². The number of aromatic hydroxyl groups is 1. The Bertz CT molecular complexity index is 449. The minimum Gasteiger partial charge on any atom is -0.508 e. The molecule has 2 N–H and O–H groups in total. The molecule has 1 rings (SSSR count). The molecule has 0 heterocycles. The Morgan fingerprint density at radius 2 is 2.00 bits per heavy atom. The predicted molar refractivity (Wildman–Crippen MR) is 66.3 cm³/mol. The van der Waals surface area contributed by atoms with Crippen molar-refractivity contribution in [3.63, 3.8) is 0 Å². The summed E-state index contributed by atoms with van der Waals surface area (Å²) in [5.41, 5.74) is -0.160. The lowest BCUT2D eigenvalue weighted by molar-refractivity contribution is -0.125. The van der Waals surface area contributed by atoms with E-state index in [4.69, 9.17) is 4.74 Å². The van der Waals surface area contributed by atoms with E-state index in [1.807, 2.05) is 20.8 Å². The summed E-state index contributed by atoms with van der Waals surface area (Å²) in [5, 5.41) is 11.9. The fourth-order valence-corrected chi connectivity index (χ4v) is 1.30. The van der Waals surface area contributed by atoms with Crippen LogP contribution in [0.4, 0.5) is 0 Å². The molecule has 0 aliphatic rings. The number of hydrogen-bond acceptors (Lipinski definition) is 4. The van der Waals surface area contributed by atoms with Crippen LogP contribution in [-0.4, -0.2) is 29.1 Å². The zero-order valence-corrected chi connectivity index (χ0v) is 10.7. The van der Waals surface area contributed by atoms with Crippen molar-refractivity contribution in [2.75, 3.05) is 6.61 Å². The maximum Gasteiger partial charge on any atom is 0.338 e. The summed E-state index contributed by atoms with van der Waals surface area (Å²) in [6, 6.07) is 5.76. The third-order valence-corrected chi connectivity index (χ3v) is 1.93. The second kappa shape index (κ2) is 5.53. The monoisotopic (exact) mass is 251 g/mol. The minimum absolute atomic E-state index is 0.0245. The molecule has 98 valence electrons. The summed E-state index contributed by atoms with van der Waals surface area (Å²) in [6.07, 6.45) is 0. The van der Waals surface area contributed by atoms with Crippen molar-refractivity contribution in [3.8, 4) is 5.75 Å². The van der Waals surface area contributed by atoms with E-state index in [0.29, 0.717) is 0 Å². The van der Waals surface area contributed by atoms with Crippen LogP contribution in [-0.2, 0) is 9.53 Å². The van der Waals surface area contributed by atoms with Crippen molar-refractivity contribution in [2.24, 2.45) is 0 Å². The fraction of sp³-hybridized carbons (Fsp3) is 0.385. The van der Waals surface area contributed by atoms with Crippen LogP contribution in [0.15, 0.2) is 24.3 Å². The van der Waals surface area contributed by atoms with E-state index < -0.39 is 5.97 Å². The number of carbonyl (C=O) groups is 2. The highest BCUT2D eigenvalue weighted by Crippen LogP contribution is 2.11. The Morgan fingerprint density at radius 3 is 2.56 bits per heavy atom. The Balaban J connectivity index is 2.49. The molecule has 0 fully saturated rings. The fourth-order valence-electron chi connectivity index (χ4n) is 1.30. The average Bonchev–Trinajstić information content (AvgIpc) is 2.23. The van der Waals surface area contributed by atoms with Gasteiger partial charge in [0.25, 0.3) is 5.91 Å². The molecule has 0 saturated carbocycles. The van der Waals surface area contributed by atoms with Crippen LogP contribution in [0.3, 0.4) is 0 Å². The van der Waals surface area contributed by atoms with Crippen molar-refractivity contribution in [1.82, 2.24) is 5.32 Å². The van der Waals surface area contributed by atoms with Crippen LogP contribution >= 0.6 is 0 Å². The van der Waals surface area contributed by atoms with E-state index in [9.17, 15) is 14.7 Å². The van der Waals surface area contributed by atoms with Crippen LogP contribution in [0.2, 0.25) is 0 Å². The van der Waals surface area contributed by atoms with Gasteiger partial charge in [-0.05, 0) is 39.0 Å². The number of hydrogen-bond donors (Lipinski definition) is 2. The summed E-state index contributed by atoms with van der Waals surface area (Å²) in [5.74, 6) is -1.03. The van der Waals surface area contributed by atoms with Gasteiger partial charge >= 0.3 is 5.97 Å². The Labute approximate surface area is 106 Å². The third kappa shape index (κ3) is 4.86. The molecular weight excluding hydrogens is 234 g/mol. The van der Waals surface area contributed by atoms with Gasteiger partial charge in [0.15, 0.2) is 6.61 Å². The number of ether oxygens (including phenoxy) is 1. The van der Waals surface area contributed by atoms with E-state index in [2.05, 4.69) is 5.32 Å². The summed E-state index contributed by atoms with van der Waals surface area (Å²) in [4.78, 5) is 23.0. The highest BCUT2D eigenvalue weighted by atomic mass is 16.5. The van der Waals surface area contributed by atoms with Gasteiger partial charge in [-0.15, -0.1) is 0 Å². The smallest absolute Gasteiger partial charge is 0.338 e. The maximum atomic E-state index is 11.6. The number of rotatable bonds is 3. The van der Waals surface area contributed by atoms with Gasteiger partial charge in [0.1, 0.15) is 5.75 Å². The van der Waals surface area contributed by atoms with Gasteiger partial charge in [0.2, 0.25) is 0 Å². The van der Waals surface area contributed by atoms with Crippen molar-refractivity contribution < 1.29 is 19.4 Å². The second-order valence-electron chi connectivity index (χ2n) is 4.92. The number of carbonyl (C=O) groups excluding carboxylic acids is 2.